The van der Waals surface area contributed by atoms with Gasteiger partial charge in [0.05, 0.1) is 7.11 Å². The van der Waals surface area contributed by atoms with Crippen LogP contribution in [0.4, 0.5) is 0 Å². The number of rotatable bonds is 3. The third-order valence-corrected chi connectivity index (χ3v) is 4.94. The van der Waals surface area contributed by atoms with Gasteiger partial charge in [-0.1, -0.05) is 36.4 Å². The minimum atomic E-state index is 0.829. The summed E-state index contributed by atoms with van der Waals surface area (Å²) in [5, 5.41) is 0. The molecular weight excluding hydrogens is 220 g/mol. The molecule has 3 aliphatic rings. The van der Waals surface area contributed by atoms with E-state index in [9.17, 15) is 0 Å². The summed E-state index contributed by atoms with van der Waals surface area (Å²) in [4.78, 5) is 0. The van der Waals surface area contributed by atoms with Crippen LogP contribution in [0.5, 0.6) is 5.75 Å². The van der Waals surface area contributed by atoms with Crippen LogP contribution in [0.15, 0.2) is 42.5 Å². The Morgan fingerprint density at radius 1 is 1.17 bits per heavy atom. The third kappa shape index (κ3) is 1.46. The van der Waals surface area contributed by atoms with Crippen LogP contribution in [-0.2, 0) is 0 Å². The van der Waals surface area contributed by atoms with Gasteiger partial charge in [-0.15, -0.1) is 0 Å². The summed E-state index contributed by atoms with van der Waals surface area (Å²) in [6, 6.07) is 8.29. The van der Waals surface area contributed by atoms with Crippen molar-refractivity contribution in [2.45, 2.75) is 6.42 Å². The first-order chi connectivity index (χ1) is 8.86. The van der Waals surface area contributed by atoms with Gasteiger partial charge in [0, 0.05) is 0 Å². The Kier molecular flexibility index (Phi) is 2.17. The molecule has 0 amide bonds. The number of ether oxygens (including phenoxy) is 1. The van der Waals surface area contributed by atoms with Gasteiger partial charge >= 0.3 is 0 Å². The topological polar surface area (TPSA) is 9.23 Å². The van der Waals surface area contributed by atoms with Crippen LogP contribution in [0.1, 0.15) is 12.0 Å². The lowest BCUT2D eigenvalue weighted by Gasteiger charge is -2.05. The Labute approximate surface area is 108 Å². The Balaban J connectivity index is 1.48. The van der Waals surface area contributed by atoms with Crippen molar-refractivity contribution < 1.29 is 4.74 Å². The fraction of sp³-hybridized carbons (Fsp3) is 0.412. The van der Waals surface area contributed by atoms with E-state index >= 15 is 0 Å². The number of allylic oxidation sites excluding steroid dienone is 3. The van der Waals surface area contributed by atoms with E-state index in [1.165, 1.54) is 12.0 Å². The molecule has 0 N–H and O–H groups in total. The highest BCUT2D eigenvalue weighted by atomic mass is 16.5. The molecule has 2 bridgehead atoms. The van der Waals surface area contributed by atoms with E-state index in [-0.39, 0.29) is 0 Å². The number of hydrogen-bond donors (Lipinski definition) is 0. The minimum Gasteiger partial charge on any atom is -0.497 e. The van der Waals surface area contributed by atoms with E-state index in [1.807, 2.05) is 6.07 Å². The minimum absolute atomic E-state index is 0.829. The van der Waals surface area contributed by atoms with Gasteiger partial charge in [0.15, 0.2) is 0 Å². The molecule has 0 heterocycles. The molecule has 0 aromatic heterocycles. The zero-order valence-electron chi connectivity index (χ0n) is 10.6. The molecule has 1 aromatic rings. The highest BCUT2D eigenvalue weighted by molar-refractivity contribution is 5.53. The molecule has 4 rings (SSSR count). The summed E-state index contributed by atoms with van der Waals surface area (Å²) in [5.41, 5.74) is 1.25. The highest BCUT2D eigenvalue weighted by Crippen LogP contribution is 2.67. The standard InChI is InChI=1S/C17H18O/c1-18-14-4-2-3-11(9-14)5-8-15-16-12-6-7-13(10-12)17(15)16/h2-9,12-13,15-17H,10H2,1H3/b8-5+. The lowest BCUT2D eigenvalue weighted by Crippen LogP contribution is -1.96. The van der Waals surface area contributed by atoms with E-state index in [4.69, 9.17) is 4.74 Å². The van der Waals surface area contributed by atoms with E-state index < -0.39 is 0 Å². The second-order valence-electron chi connectivity index (χ2n) is 5.82. The molecule has 2 saturated carbocycles. The van der Waals surface area contributed by atoms with Crippen molar-refractivity contribution in [2.75, 3.05) is 7.11 Å². The van der Waals surface area contributed by atoms with E-state index in [2.05, 4.69) is 42.5 Å². The predicted molar refractivity (Wildman–Crippen MR) is 73.2 cm³/mol. The molecule has 92 valence electrons. The molecular formula is C17H18O. The summed E-state index contributed by atoms with van der Waals surface area (Å²) in [7, 11) is 1.72. The molecule has 18 heavy (non-hydrogen) atoms. The maximum absolute atomic E-state index is 5.25. The molecule has 0 spiro atoms. The largest absolute Gasteiger partial charge is 0.497 e. The zero-order valence-corrected chi connectivity index (χ0v) is 10.6. The van der Waals surface area contributed by atoms with Crippen LogP contribution < -0.4 is 4.74 Å². The Morgan fingerprint density at radius 3 is 2.67 bits per heavy atom. The average Bonchev–Trinajstić information content (AvgIpc) is 2.80. The molecule has 0 radical (unpaired) electrons. The smallest absolute Gasteiger partial charge is 0.119 e. The SMILES string of the molecule is COc1cccc(/C=C/C2C3C4C=CC(C4)C23)c1. The first kappa shape index (κ1) is 10.4. The van der Waals surface area contributed by atoms with Crippen molar-refractivity contribution in [3.8, 4) is 5.75 Å². The molecule has 4 atom stereocenters. The summed E-state index contributed by atoms with van der Waals surface area (Å²) >= 11 is 0. The Morgan fingerprint density at radius 2 is 1.94 bits per heavy atom. The highest BCUT2D eigenvalue weighted by Gasteiger charge is 2.61. The quantitative estimate of drug-likeness (QED) is 0.728. The normalized spacial score (nSPS) is 39.3. The van der Waals surface area contributed by atoms with Gasteiger partial charge in [-0.3, -0.25) is 0 Å². The van der Waals surface area contributed by atoms with Crippen molar-refractivity contribution >= 4 is 6.08 Å². The fourth-order valence-corrected chi connectivity index (χ4v) is 4.08. The summed E-state index contributed by atoms with van der Waals surface area (Å²) in [6.07, 6.45) is 11.0. The van der Waals surface area contributed by atoms with Crippen molar-refractivity contribution in [1.29, 1.82) is 0 Å². The van der Waals surface area contributed by atoms with E-state index in [0.29, 0.717) is 0 Å². The van der Waals surface area contributed by atoms with Gasteiger partial charge in [-0.2, -0.15) is 0 Å². The molecule has 0 aliphatic heterocycles. The molecule has 0 saturated heterocycles. The van der Waals surface area contributed by atoms with Crippen molar-refractivity contribution in [2.24, 2.45) is 29.6 Å². The Bertz CT molecular complexity index is 510. The van der Waals surface area contributed by atoms with Gasteiger partial charge in [-0.05, 0) is 53.7 Å². The average molecular weight is 238 g/mol. The number of hydrogen-bond acceptors (Lipinski definition) is 1. The zero-order chi connectivity index (χ0) is 12.1. The lowest BCUT2D eigenvalue weighted by molar-refractivity contribution is 0.414. The van der Waals surface area contributed by atoms with E-state index in [1.54, 1.807) is 7.11 Å². The fourth-order valence-electron chi connectivity index (χ4n) is 4.08. The second-order valence-corrected chi connectivity index (χ2v) is 5.82. The summed E-state index contributed by atoms with van der Waals surface area (Å²) in [5.74, 6) is 5.47. The third-order valence-electron chi connectivity index (χ3n) is 4.94. The van der Waals surface area contributed by atoms with Gasteiger partial charge < -0.3 is 4.74 Å². The van der Waals surface area contributed by atoms with Crippen LogP contribution in [0, 0.1) is 29.6 Å². The molecule has 2 fully saturated rings. The van der Waals surface area contributed by atoms with Crippen LogP contribution in [0.2, 0.25) is 0 Å². The number of fused-ring (bicyclic) bond motifs is 5. The van der Waals surface area contributed by atoms with Crippen LogP contribution in [0.25, 0.3) is 6.08 Å². The van der Waals surface area contributed by atoms with Crippen LogP contribution in [-0.4, -0.2) is 7.11 Å². The first-order valence-corrected chi connectivity index (χ1v) is 6.87. The van der Waals surface area contributed by atoms with Crippen molar-refractivity contribution in [3.63, 3.8) is 0 Å². The monoisotopic (exact) mass is 238 g/mol. The van der Waals surface area contributed by atoms with Crippen LogP contribution in [0.3, 0.4) is 0 Å². The van der Waals surface area contributed by atoms with Gasteiger partial charge in [0.25, 0.3) is 0 Å². The maximum Gasteiger partial charge on any atom is 0.119 e. The predicted octanol–water partition coefficient (Wildman–Crippen LogP) is 3.78. The molecule has 1 heteroatoms. The molecule has 1 aromatic carbocycles. The van der Waals surface area contributed by atoms with Gasteiger partial charge in [-0.25, -0.2) is 0 Å². The summed E-state index contributed by atoms with van der Waals surface area (Å²) in [6.45, 7) is 0. The maximum atomic E-state index is 5.25. The molecule has 4 unspecified atom stereocenters. The van der Waals surface area contributed by atoms with Crippen molar-refractivity contribution in [1.82, 2.24) is 0 Å². The van der Waals surface area contributed by atoms with Gasteiger partial charge in [0.1, 0.15) is 5.75 Å². The van der Waals surface area contributed by atoms with Gasteiger partial charge in [0.2, 0.25) is 0 Å². The number of methoxy groups -OCH3 is 1. The Hall–Kier alpha value is -1.50. The molecule has 1 nitrogen and oxygen atoms in total. The number of benzene rings is 1. The van der Waals surface area contributed by atoms with Crippen molar-refractivity contribution in [3.05, 3.63) is 48.1 Å². The summed E-state index contributed by atoms with van der Waals surface area (Å²) < 4.78 is 5.25. The van der Waals surface area contributed by atoms with E-state index in [0.717, 1.165) is 35.3 Å². The molecule has 3 aliphatic carbocycles. The van der Waals surface area contributed by atoms with Crippen LogP contribution >= 0.6 is 0 Å². The second kappa shape index (κ2) is 3.74. The first-order valence-electron chi connectivity index (χ1n) is 6.87. The lowest BCUT2D eigenvalue weighted by atomic mass is 10.0.